The van der Waals surface area contributed by atoms with Gasteiger partial charge < -0.3 is 8.83 Å². The molecule has 52 heavy (non-hydrogen) atoms. The molecule has 2 aromatic heterocycles. The molecule has 0 N–H and O–H groups in total. The minimum atomic E-state index is 0.823. The van der Waals surface area contributed by atoms with Gasteiger partial charge in [-0.25, -0.2) is 0 Å². The molecule has 0 saturated heterocycles. The molecule has 0 aliphatic rings. The monoisotopic (exact) mass is 662 g/mol. The summed E-state index contributed by atoms with van der Waals surface area (Å²) in [5.41, 5.74) is 12.9. The number of fused-ring (bicyclic) bond motifs is 8. The lowest BCUT2D eigenvalue weighted by Gasteiger charge is -2.22. The highest BCUT2D eigenvalue weighted by molar-refractivity contribution is 6.26. The Morgan fingerprint density at radius 1 is 0.250 bits per heavy atom. The van der Waals surface area contributed by atoms with E-state index in [4.69, 9.17) is 8.83 Å². The van der Waals surface area contributed by atoms with Crippen molar-refractivity contribution in [2.24, 2.45) is 0 Å². The van der Waals surface area contributed by atoms with Crippen molar-refractivity contribution in [1.29, 1.82) is 0 Å². The average Bonchev–Trinajstić information content (AvgIpc) is 3.77. The first-order chi connectivity index (χ1) is 25.8. The van der Waals surface area contributed by atoms with E-state index in [1.54, 1.807) is 0 Å². The van der Waals surface area contributed by atoms with Crippen LogP contribution in [0.25, 0.3) is 110 Å². The molecule has 0 radical (unpaired) electrons. The SMILES string of the molecule is c1ccc(-c2cccc(-c3ccccc3)c2-c2c3ccccc3c(-c3cccc4c3oc3cc5oc6ccccc6c5cc34)c3ccccc23)cc1. The van der Waals surface area contributed by atoms with E-state index in [9.17, 15) is 0 Å². The van der Waals surface area contributed by atoms with Gasteiger partial charge in [0.25, 0.3) is 0 Å². The third kappa shape index (κ3) is 4.25. The minimum Gasteiger partial charge on any atom is -0.456 e. The first-order valence-electron chi connectivity index (χ1n) is 17.8. The predicted molar refractivity (Wildman–Crippen MR) is 218 cm³/mol. The van der Waals surface area contributed by atoms with Gasteiger partial charge in [0.15, 0.2) is 0 Å². The fraction of sp³-hybridized carbons (Fsp3) is 0. The normalized spacial score (nSPS) is 11.8. The van der Waals surface area contributed by atoms with Crippen LogP contribution < -0.4 is 0 Å². The highest BCUT2D eigenvalue weighted by atomic mass is 16.3. The highest BCUT2D eigenvalue weighted by Gasteiger charge is 2.24. The molecule has 9 aromatic carbocycles. The Balaban J connectivity index is 1.25. The van der Waals surface area contributed by atoms with Crippen molar-refractivity contribution in [2.45, 2.75) is 0 Å². The van der Waals surface area contributed by atoms with Gasteiger partial charge in [0.1, 0.15) is 22.3 Å². The lowest BCUT2D eigenvalue weighted by Crippen LogP contribution is -1.95. The van der Waals surface area contributed by atoms with Crippen molar-refractivity contribution in [3.63, 3.8) is 0 Å². The predicted octanol–water partition coefficient (Wildman–Crippen LogP) is 14.5. The molecular formula is C50H30O2. The van der Waals surface area contributed by atoms with Crippen molar-refractivity contribution in [3.05, 3.63) is 182 Å². The second-order valence-electron chi connectivity index (χ2n) is 13.5. The smallest absolute Gasteiger partial charge is 0.143 e. The van der Waals surface area contributed by atoms with E-state index in [1.807, 2.05) is 12.1 Å². The summed E-state index contributed by atoms with van der Waals surface area (Å²) in [7, 11) is 0. The lowest BCUT2D eigenvalue weighted by atomic mass is 9.81. The summed E-state index contributed by atoms with van der Waals surface area (Å²) in [6.07, 6.45) is 0. The van der Waals surface area contributed by atoms with E-state index in [2.05, 4.69) is 170 Å². The van der Waals surface area contributed by atoms with Crippen LogP contribution in [0.15, 0.2) is 191 Å². The number of hydrogen-bond acceptors (Lipinski definition) is 2. The van der Waals surface area contributed by atoms with Crippen LogP contribution in [-0.2, 0) is 0 Å². The summed E-state index contributed by atoms with van der Waals surface area (Å²) >= 11 is 0. The van der Waals surface area contributed by atoms with E-state index in [-0.39, 0.29) is 0 Å². The molecule has 0 amide bonds. The molecule has 2 heterocycles. The average molecular weight is 663 g/mol. The Hall–Kier alpha value is -6.90. The maximum atomic E-state index is 6.85. The quantitative estimate of drug-likeness (QED) is 0.175. The van der Waals surface area contributed by atoms with E-state index in [0.29, 0.717) is 0 Å². The third-order valence-corrected chi connectivity index (χ3v) is 10.7. The molecule has 0 spiro atoms. The molecule has 0 bridgehead atoms. The number of rotatable bonds is 4. The molecule has 2 heteroatoms. The van der Waals surface area contributed by atoms with Gasteiger partial charge >= 0.3 is 0 Å². The van der Waals surface area contributed by atoms with Gasteiger partial charge in [-0.15, -0.1) is 0 Å². The van der Waals surface area contributed by atoms with Crippen molar-refractivity contribution in [2.75, 3.05) is 0 Å². The molecule has 242 valence electrons. The molecule has 0 aliphatic heterocycles. The molecule has 0 unspecified atom stereocenters. The van der Waals surface area contributed by atoms with Crippen LogP contribution in [0.3, 0.4) is 0 Å². The van der Waals surface area contributed by atoms with Gasteiger partial charge in [0.05, 0.1) is 0 Å². The van der Waals surface area contributed by atoms with Gasteiger partial charge in [-0.2, -0.15) is 0 Å². The van der Waals surface area contributed by atoms with Gasteiger partial charge in [0, 0.05) is 38.7 Å². The largest absolute Gasteiger partial charge is 0.456 e. The molecular weight excluding hydrogens is 633 g/mol. The van der Waals surface area contributed by atoms with Gasteiger partial charge in [0.2, 0.25) is 0 Å². The Morgan fingerprint density at radius 2 is 0.712 bits per heavy atom. The van der Waals surface area contributed by atoms with E-state index in [1.165, 1.54) is 60.5 Å². The zero-order chi connectivity index (χ0) is 34.2. The third-order valence-electron chi connectivity index (χ3n) is 10.7. The van der Waals surface area contributed by atoms with Crippen molar-refractivity contribution < 1.29 is 8.83 Å². The van der Waals surface area contributed by atoms with Gasteiger partial charge in [-0.3, -0.25) is 0 Å². The Kier molecular flexibility index (Phi) is 6.28. The molecule has 2 nitrogen and oxygen atoms in total. The second-order valence-corrected chi connectivity index (χ2v) is 13.5. The van der Waals surface area contributed by atoms with Crippen molar-refractivity contribution in [3.8, 4) is 44.5 Å². The standard InChI is InChI=1S/C50H30O2/c1-3-15-31(16-4-1)33-24-13-25-34(32-17-5-2-6-18-32)48(33)49-38-22-9-7-20-36(38)47(37-21-8-10-23-39(37)49)41-27-14-26-40-43-29-42-35-19-11-12-28-44(35)51-45(42)30-46(43)52-50(40)41/h1-30H. The number of furan rings is 2. The Labute approximate surface area is 299 Å². The van der Waals surface area contributed by atoms with Crippen LogP contribution in [0.2, 0.25) is 0 Å². The summed E-state index contributed by atoms with van der Waals surface area (Å²) < 4.78 is 13.1. The summed E-state index contributed by atoms with van der Waals surface area (Å²) in [5, 5.41) is 9.17. The first kappa shape index (κ1) is 28.9. The molecule has 0 fully saturated rings. The zero-order valence-corrected chi connectivity index (χ0v) is 28.1. The maximum Gasteiger partial charge on any atom is 0.143 e. The molecule has 0 saturated carbocycles. The van der Waals surface area contributed by atoms with Crippen molar-refractivity contribution in [1.82, 2.24) is 0 Å². The first-order valence-corrected chi connectivity index (χ1v) is 17.8. The molecule has 11 rings (SSSR count). The highest BCUT2D eigenvalue weighted by Crippen LogP contribution is 2.50. The molecule has 0 atom stereocenters. The van der Waals surface area contributed by atoms with Crippen LogP contribution in [0.4, 0.5) is 0 Å². The Bertz CT molecular complexity index is 3050. The van der Waals surface area contributed by atoms with E-state index in [0.717, 1.165) is 49.4 Å². The summed E-state index contributed by atoms with van der Waals surface area (Å²) in [6, 6.07) is 65.1. The summed E-state index contributed by atoms with van der Waals surface area (Å²) in [6.45, 7) is 0. The van der Waals surface area contributed by atoms with Gasteiger partial charge in [-0.05, 0) is 67.1 Å². The lowest BCUT2D eigenvalue weighted by molar-refractivity contribution is 0.656. The number of para-hydroxylation sites is 2. The summed E-state index contributed by atoms with van der Waals surface area (Å²) in [5.74, 6) is 0. The maximum absolute atomic E-state index is 6.85. The minimum absolute atomic E-state index is 0.823. The number of hydrogen-bond donors (Lipinski definition) is 0. The van der Waals surface area contributed by atoms with Crippen LogP contribution in [0.1, 0.15) is 0 Å². The fourth-order valence-electron chi connectivity index (χ4n) is 8.44. The van der Waals surface area contributed by atoms with Crippen LogP contribution in [0.5, 0.6) is 0 Å². The molecule has 0 aliphatic carbocycles. The second kappa shape index (κ2) is 11.3. The molecule has 11 aromatic rings. The zero-order valence-electron chi connectivity index (χ0n) is 28.1. The Morgan fingerprint density at radius 3 is 1.35 bits per heavy atom. The van der Waals surface area contributed by atoms with E-state index < -0.39 is 0 Å². The van der Waals surface area contributed by atoms with E-state index >= 15 is 0 Å². The topological polar surface area (TPSA) is 26.3 Å². The number of benzene rings is 9. The van der Waals surface area contributed by atoms with Crippen LogP contribution in [-0.4, -0.2) is 0 Å². The summed E-state index contributed by atoms with van der Waals surface area (Å²) in [4.78, 5) is 0. The van der Waals surface area contributed by atoms with Crippen LogP contribution >= 0.6 is 0 Å². The van der Waals surface area contributed by atoms with Crippen LogP contribution in [0, 0.1) is 0 Å². The fourth-order valence-corrected chi connectivity index (χ4v) is 8.44. The van der Waals surface area contributed by atoms with Crippen molar-refractivity contribution >= 4 is 65.4 Å². The van der Waals surface area contributed by atoms with Gasteiger partial charge in [-0.1, -0.05) is 164 Å².